The van der Waals surface area contributed by atoms with Gasteiger partial charge in [0.2, 0.25) is 0 Å². The maximum atomic E-state index is 11.1. The molecule has 1 aromatic carbocycles. The zero-order chi connectivity index (χ0) is 17.9. The normalized spacial score (nSPS) is 32.9. The molecule has 1 atom stereocenters. The molecule has 1 fully saturated rings. The molecule has 2 nitrogen and oxygen atoms in total. The van der Waals surface area contributed by atoms with Gasteiger partial charge < -0.3 is 5.11 Å². The average molecular weight is 362 g/mol. The van der Waals surface area contributed by atoms with Crippen LogP contribution in [0.3, 0.4) is 0 Å². The molecule has 1 N–H and O–H groups in total. The van der Waals surface area contributed by atoms with Gasteiger partial charge in [-0.25, -0.2) is 0 Å². The summed E-state index contributed by atoms with van der Waals surface area (Å²) in [5.41, 5.74) is 0.860. The molecule has 1 unspecified atom stereocenters. The lowest BCUT2D eigenvalue weighted by atomic mass is 9.68. The van der Waals surface area contributed by atoms with Crippen LogP contribution in [-0.4, -0.2) is 29.7 Å². The fourth-order valence-electron chi connectivity index (χ4n) is 4.72. The summed E-state index contributed by atoms with van der Waals surface area (Å²) in [5, 5.41) is 11.9. The van der Waals surface area contributed by atoms with E-state index in [-0.39, 0.29) is 5.54 Å². The Hall–Kier alpha value is -0.830. The van der Waals surface area contributed by atoms with Crippen LogP contribution >= 0.6 is 11.6 Å². The van der Waals surface area contributed by atoms with Gasteiger partial charge in [-0.15, -0.1) is 0 Å². The number of nitrogens with zero attached hydrogens (tertiary/aromatic N) is 1. The molecule has 0 heterocycles. The average Bonchev–Trinajstić information content (AvgIpc) is 2.62. The Morgan fingerprint density at radius 1 is 1.08 bits per heavy atom. The number of benzene rings is 1. The van der Waals surface area contributed by atoms with Crippen LogP contribution in [0, 0.1) is 5.92 Å². The second-order valence-electron chi connectivity index (χ2n) is 8.35. The van der Waals surface area contributed by atoms with E-state index in [0.717, 1.165) is 49.5 Å². The van der Waals surface area contributed by atoms with Crippen LogP contribution in [0.1, 0.15) is 63.4 Å². The third-order valence-corrected chi connectivity index (χ3v) is 6.89. The topological polar surface area (TPSA) is 23.5 Å². The van der Waals surface area contributed by atoms with E-state index in [1.165, 1.54) is 24.8 Å². The Morgan fingerprint density at radius 3 is 2.32 bits per heavy atom. The number of aliphatic hydroxyl groups is 1. The van der Waals surface area contributed by atoms with Gasteiger partial charge in [0.15, 0.2) is 0 Å². The highest BCUT2D eigenvalue weighted by Crippen LogP contribution is 2.46. The van der Waals surface area contributed by atoms with Gasteiger partial charge in [0.25, 0.3) is 0 Å². The van der Waals surface area contributed by atoms with Crippen molar-refractivity contribution in [3.63, 3.8) is 0 Å². The van der Waals surface area contributed by atoms with Gasteiger partial charge in [-0.3, -0.25) is 4.90 Å². The van der Waals surface area contributed by atoms with Gasteiger partial charge in [-0.05, 0) is 95.5 Å². The SMILES string of the molecule is CN(C)C1(c2ccc(Cl)cc2)CCC(O)(CCC2CC=CCC2)CC1. The summed E-state index contributed by atoms with van der Waals surface area (Å²) in [6.07, 6.45) is 14.2. The summed E-state index contributed by atoms with van der Waals surface area (Å²) < 4.78 is 0. The quantitative estimate of drug-likeness (QED) is 0.696. The molecule has 0 aliphatic heterocycles. The molecule has 0 aromatic heterocycles. The minimum absolute atomic E-state index is 0.0182. The summed E-state index contributed by atoms with van der Waals surface area (Å²) in [6.45, 7) is 0. The summed E-state index contributed by atoms with van der Waals surface area (Å²) in [4.78, 5) is 2.34. The molecular weight excluding hydrogens is 330 g/mol. The first-order chi connectivity index (χ1) is 11.9. The molecule has 0 saturated heterocycles. The third kappa shape index (κ3) is 4.30. The largest absolute Gasteiger partial charge is 0.390 e. The van der Waals surface area contributed by atoms with Crippen molar-refractivity contribution in [3.8, 4) is 0 Å². The van der Waals surface area contributed by atoms with Crippen LogP contribution in [0.15, 0.2) is 36.4 Å². The smallest absolute Gasteiger partial charge is 0.0649 e. The predicted octanol–water partition coefficient (Wildman–Crippen LogP) is 5.54. The number of hydrogen-bond donors (Lipinski definition) is 1. The molecule has 1 saturated carbocycles. The van der Waals surface area contributed by atoms with Crippen LogP contribution in [0.4, 0.5) is 0 Å². The maximum absolute atomic E-state index is 11.1. The zero-order valence-corrected chi connectivity index (χ0v) is 16.4. The lowest BCUT2D eigenvalue weighted by Crippen LogP contribution is -2.49. The molecule has 0 spiro atoms. The minimum atomic E-state index is -0.479. The van der Waals surface area contributed by atoms with Crippen LogP contribution in [0.25, 0.3) is 0 Å². The highest BCUT2D eigenvalue weighted by atomic mass is 35.5. The van der Waals surface area contributed by atoms with Crippen molar-refractivity contribution in [3.05, 3.63) is 47.0 Å². The van der Waals surface area contributed by atoms with Gasteiger partial charge in [0.05, 0.1) is 5.60 Å². The number of rotatable bonds is 5. The Balaban J connectivity index is 1.65. The first-order valence-electron chi connectivity index (χ1n) is 9.74. The fourth-order valence-corrected chi connectivity index (χ4v) is 4.85. The highest BCUT2D eigenvalue weighted by molar-refractivity contribution is 6.30. The molecule has 0 amide bonds. The Morgan fingerprint density at radius 2 is 1.76 bits per heavy atom. The van der Waals surface area contributed by atoms with Crippen molar-refractivity contribution < 1.29 is 5.11 Å². The maximum Gasteiger partial charge on any atom is 0.0649 e. The number of hydrogen-bond acceptors (Lipinski definition) is 2. The van der Waals surface area contributed by atoms with Gasteiger partial charge in [0, 0.05) is 10.6 Å². The standard InChI is InChI=1S/C22H32ClNO/c1-24(2)22(19-8-10-20(23)11-9-19)16-14-21(25,15-17-22)13-12-18-6-4-3-5-7-18/h3-4,8-11,18,25H,5-7,12-17H2,1-2H3. The van der Waals surface area contributed by atoms with E-state index >= 15 is 0 Å². The summed E-state index contributed by atoms with van der Waals surface area (Å²) in [6, 6.07) is 8.28. The zero-order valence-electron chi connectivity index (χ0n) is 15.7. The van der Waals surface area contributed by atoms with Gasteiger partial charge >= 0.3 is 0 Å². The molecule has 25 heavy (non-hydrogen) atoms. The summed E-state index contributed by atoms with van der Waals surface area (Å²) in [5.74, 6) is 0.769. The van der Waals surface area contributed by atoms with E-state index in [1.54, 1.807) is 0 Å². The Labute approximate surface area is 157 Å². The van der Waals surface area contributed by atoms with Crippen molar-refractivity contribution in [1.29, 1.82) is 0 Å². The van der Waals surface area contributed by atoms with E-state index in [4.69, 9.17) is 11.6 Å². The van der Waals surface area contributed by atoms with Crippen LogP contribution in [-0.2, 0) is 5.54 Å². The van der Waals surface area contributed by atoms with Crippen LogP contribution in [0.5, 0.6) is 0 Å². The third-order valence-electron chi connectivity index (χ3n) is 6.64. The van der Waals surface area contributed by atoms with Crippen molar-refractivity contribution in [2.45, 2.75) is 68.9 Å². The van der Waals surface area contributed by atoms with Gasteiger partial charge in [0.1, 0.15) is 0 Å². The van der Waals surface area contributed by atoms with Crippen LogP contribution < -0.4 is 0 Å². The summed E-state index contributed by atoms with van der Waals surface area (Å²) >= 11 is 6.08. The van der Waals surface area contributed by atoms with Crippen molar-refractivity contribution in [2.24, 2.45) is 5.92 Å². The monoisotopic (exact) mass is 361 g/mol. The van der Waals surface area contributed by atoms with E-state index in [9.17, 15) is 5.11 Å². The molecule has 1 aromatic rings. The highest BCUT2D eigenvalue weighted by Gasteiger charge is 2.44. The molecule has 0 radical (unpaired) electrons. The molecule has 0 bridgehead atoms. The van der Waals surface area contributed by atoms with Crippen molar-refractivity contribution in [1.82, 2.24) is 4.90 Å². The van der Waals surface area contributed by atoms with Gasteiger partial charge in [-0.2, -0.15) is 0 Å². The summed E-state index contributed by atoms with van der Waals surface area (Å²) in [7, 11) is 4.32. The Bertz CT molecular complexity index is 585. The predicted molar refractivity (Wildman–Crippen MR) is 106 cm³/mol. The fraction of sp³-hybridized carbons (Fsp3) is 0.636. The molecule has 138 valence electrons. The van der Waals surface area contributed by atoms with E-state index in [2.05, 4.69) is 43.3 Å². The number of halogens is 1. The molecule has 2 aliphatic carbocycles. The Kier molecular flexibility index (Phi) is 5.92. The minimum Gasteiger partial charge on any atom is -0.390 e. The number of allylic oxidation sites excluding steroid dienone is 2. The molecule has 2 aliphatic rings. The lowest BCUT2D eigenvalue weighted by Gasteiger charge is -2.48. The molecular formula is C22H32ClNO. The first kappa shape index (κ1) is 18.9. The lowest BCUT2D eigenvalue weighted by molar-refractivity contribution is -0.0548. The molecule has 3 heteroatoms. The van der Waals surface area contributed by atoms with E-state index in [1.807, 2.05) is 12.1 Å². The first-order valence-corrected chi connectivity index (χ1v) is 10.1. The van der Waals surface area contributed by atoms with E-state index < -0.39 is 5.60 Å². The van der Waals surface area contributed by atoms with Crippen LogP contribution in [0.2, 0.25) is 5.02 Å². The second kappa shape index (κ2) is 7.82. The molecule has 3 rings (SSSR count). The van der Waals surface area contributed by atoms with Crippen molar-refractivity contribution in [2.75, 3.05) is 14.1 Å². The van der Waals surface area contributed by atoms with E-state index in [0.29, 0.717) is 0 Å². The second-order valence-corrected chi connectivity index (χ2v) is 8.78. The van der Waals surface area contributed by atoms with Gasteiger partial charge in [-0.1, -0.05) is 35.9 Å². The van der Waals surface area contributed by atoms with Crippen molar-refractivity contribution >= 4 is 11.6 Å².